The molecule has 2 aromatic carbocycles. The van der Waals surface area contributed by atoms with Crippen molar-refractivity contribution in [3.05, 3.63) is 68.9 Å². The number of nitrogens with one attached hydrogen (secondary N) is 2. The third kappa shape index (κ3) is 5.90. The molecule has 0 aliphatic carbocycles. The van der Waals surface area contributed by atoms with Crippen LogP contribution in [0, 0.1) is 6.92 Å². The summed E-state index contributed by atoms with van der Waals surface area (Å²) >= 11 is 10.9. The van der Waals surface area contributed by atoms with Gasteiger partial charge in [0.15, 0.2) is 11.0 Å². The number of thioether (sulfide) groups is 1. The first-order chi connectivity index (χ1) is 15.3. The Kier molecular flexibility index (Phi) is 8.33. The zero-order valence-corrected chi connectivity index (χ0v) is 21.0. The highest BCUT2D eigenvalue weighted by atomic mass is 79.9. The number of nitrogens with zero attached hydrogens (tertiary/aromatic N) is 3. The summed E-state index contributed by atoms with van der Waals surface area (Å²) in [7, 11) is 0. The van der Waals surface area contributed by atoms with Crippen molar-refractivity contribution in [3.63, 3.8) is 0 Å². The predicted octanol–water partition coefficient (Wildman–Crippen LogP) is 5.24. The van der Waals surface area contributed by atoms with Crippen LogP contribution in [0.5, 0.6) is 0 Å². The van der Waals surface area contributed by atoms with E-state index in [-0.39, 0.29) is 23.6 Å². The third-order valence-electron chi connectivity index (χ3n) is 4.69. The van der Waals surface area contributed by atoms with Crippen molar-refractivity contribution in [2.24, 2.45) is 0 Å². The molecule has 1 heterocycles. The molecule has 0 aliphatic rings. The van der Waals surface area contributed by atoms with Crippen molar-refractivity contribution >= 4 is 56.8 Å². The maximum absolute atomic E-state index is 12.6. The van der Waals surface area contributed by atoms with Gasteiger partial charge in [0.2, 0.25) is 5.91 Å². The lowest BCUT2D eigenvalue weighted by atomic mass is 10.2. The molecule has 2 N–H and O–H groups in total. The van der Waals surface area contributed by atoms with Crippen LogP contribution in [0.3, 0.4) is 0 Å². The van der Waals surface area contributed by atoms with Gasteiger partial charge in [0.1, 0.15) is 0 Å². The fourth-order valence-electron chi connectivity index (χ4n) is 3.06. The summed E-state index contributed by atoms with van der Waals surface area (Å²) in [5, 5.41) is 15.3. The number of halogens is 2. The summed E-state index contributed by atoms with van der Waals surface area (Å²) in [4.78, 5) is 25.0. The van der Waals surface area contributed by atoms with Gasteiger partial charge in [-0.25, -0.2) is 0 Å². The number of benzene rings is 2. The number of anilines is 1. The number of carbonyl (C=O) groups is 2. The molecule has 1 atom stereocenters. The predicted molar refractivity (Wildman–Crippen MR) is 131 cm³/mol. The topological polar surface area (TPSA) is 88.9 Å². The Morgan fingerprint density at radius 1 is 1.22 bits per heavy atom. The number of amides is 2. The van der Waals surface area contributed by atoms with Gasteiger partial charge in [0.25, 0.3) is 5.91 Å². The lowest BCUT2D eigenvalue weighted by Crippen LogP contribution is -2.29. The molecule has 0 saturated heterocycles. The van der Waals surface area contributed by atoms with Crippen LogP contribution in [0.2, 0.25) is 5.02 Å². The van der Waals surface area contributed by atoms with Crippen molar-refractivity contribution < 1.29 is 9.59 Å². The van der Waals surface area contributed by atoms with E-state index in [1.54, 1.807) is 24.3 Å². The molecular weight excluding hydrogens is 514 g/mol. The van der Waals surface area contributed by atoms with Gasteiger partial charge < -0.3 is 15.2 Å². The van der Waals surface area contributed by atoms with E-state index >= 15 is 0 Å². The van der Waals surface area contributed by atoms with Gasteiger partial charge >= 0.3 is 0 Å². The average Bonchev–Trinajstić information content (AvgIpc) is 3.18. The number of rotatable bonds is 8. The molecule has 168 valence electrons. The van der Waals surface area contributed by atoms with Gasteiger partial charge in [0, 0.05) is 16.7 Å². The molecule has 0 fully saturated rings. The van der Waals surface area contributed by atoms with Crippen molar-refractivity contribution in [2.45, 2.75) is 38.5 Å². The summed E-state index contributed by atoms with van der Waals surface area (Å²) in [6.07, 6.45) is 0. The zero-order valence-electron chi connectivity index (χ0n) is 17.9. The van der Waals surface area contributed by atoms with Crippen molar-refractivity contribution in [1.29, 1.82) is 0 Å². The van der Waals surface area contributed by atoms with E-state index in [9.17, 15) is 9.59 Å². The highest BCUT2D eigenvalue weighted by Crippen LogP contribution is 2.23. The minimum atomic E-state index is -0.389. The summed E-state index contributed by atoms with van der Waals surface area (Å²) < 4.78 is 2.88. The number of aromatic nitrogens is 3. The summed E-state index contributed by atoms with van der Waals surface area (Å²) in [5.41, 5.74) is 2.18. The Balaban J connectivity index is 1.63. The van der Waals surface area contributed by atoms with E-state index in [1.165, 1.54) is 11.8 Å². The second kappa shape index (κ2) is 11.0. The highest BCUT2D eigenvalue weighted by molar-refractivity contribution is 9.10. The first kappa shape index (κ1) is 24.3. The zero-order chi connectivity index (χ0) is 23.3. The summed E-state index contributed by atoms with van der Waals surface area (Å²) in [6, 6.07) is 12.1. The molecule has 0 bridgehead atoms. The molecular formula is C22H23BrClN5O2S. The van der Waals surface area contributed by atoms with Crippen LogP contribution in [0.4, 0.5) is 5.69 Å². The largest absolute Gasteiger partial charge is 0.342 e. The SMILES string of the molecule is CCn1c(SCC(=O)Nc2ccc(Br)c(C)c2)nnc1[C@@H](C)NC(=O)c1ccccc1Cl. The third-order valence-corrected chi connectivity index (χ3v) is 6.88. The number of hydrogen-bond donors (Lipinski definition) is 2. The van der Waals surface area contributed by atoms with Gasteiger partial charge in [0.05, 0.1) is 22.4 Å². The molecule has 3 aromatic rings. The van der Waals surface area contributed by atoms with Crippen LogP contribution in [0.1, 0.15) is 41.6 Å². The molecule has 10 heteroatoms. The Morgan fingerprint density at radius 2 is 1.97 bits per heavy atom. The average molecular weight is 537 g/mol. The number of hydrogen-bond acceptors (Lipinski definition) is 5. The van der Waals surface area contributed by atoms with Gasteiger partial charge in [-0.2, -0.15) is 0 Å². The first-order valence-electron chi connectivity index (χ1n) is 9.97. The molecule has 2 amide bonds. The molecule has 0 saturated carbocycles. The van der Waals surface area contributed by atoms with Crippen LogP contribution in [0.15, 0.2) is 52.1 Å². The van der Waals surface area contributed by atoms with Crippen molar-refractivity contribution in [1.82, 2.24) is 20.1 Å². The van der Waals surface area contributed by atoms with Gasteiger partial charge in [-0.15, -0.1) is 10.2 Å². The molecule has 0 spiro atoms. The van der Waals surface area contributed by atoms with Crippen LogP contribution >= 0.6 is 39.3 Å². The minimum Gasteiger partial charge on any atom is -0.342 e. The highest BCUT2D eigenvalue weighted by Gasteiger charge is 2.21. The first-order valence-corrected chi connectivity index (χ1v) is 12.1. The Labute approximate surface area is 204 Å². The Bertz CT molecular complexity index is 1140. The molecule has 0 radical (unpaired) electrons. The lowest BCUT2D eigenvalue weighted by Gasteiger charge is -2.15. The number of carbonyl (C=O) groups excluding carboxylic acids is 2. The Morgan fingerprint density at radius 3 is 2.66 bits per heavy atom. The lowest BCUT2D eigenvalue weighted by molar-refractivity contribution is -0.113. The van der Waals surface area contributed by atoms with Crippen LogP contribution in [0.25, 0.3) is 0 Å². The molecule has 32 heavy (non-hydrogen) atoms. The minimum absolute atomic E-state index is 0.135. The van der Waals surface area contributed by atoms with E-state index in [0.717, 1.165) is 15.7 Å². The fourth-order valence-corrected chi connectivity index (χ4v) is 4.34. The molecule has 1 aromatic heterocycles. The quantitative estimate of drug-likeness (QED) is 0.384. The molecule has 0 aliphatic heterocycles. The van der Waals surface area contributed by atoms with Gasteiger partial charge in [-0.3, -0.25) is 9.59 Å². The second-order valence-electron chi connectivity index (χ2n) is 7.06. The standard InChI is InChI=1S/C22H23BrClN5O2S/c1-4-29-20(14(3)25-21(31)16-7-5-6-8-18(16)24)27-28-22(29)32-12-19(30)26-15-9-10-17(23)13(2)11-15/h5-11,14H,4,12H2,1-3H3,(H,25,31)(H,26,30)/t14-/m1/s1. The van der Waals surface area contributed by atoms with Crippen LogP contribution in [-0.4, -0.2) is 32.3 Å². The summed E-state index contributed by atoms with van der Waals surface area (Å²) in [6.45, 7) is 6.36. The van der Waals surface area contributed by atoms with E-state index < -0.39 is 0 Å². The number of aryl methyl sites for hydroxylation is 1. The van der Waals surface area contributed by atoms with Crippen molar-refractivity contribution in [3.8, 4) is 0 Å². The molecule has 7 nitrogen and oxygen atoms in total. The normalized spacial score (nSPS) is 11.8. The van der Waals surface area contributed by atoms with Crippen LogP contribution < -0.4 is 10.6 Å². The van der Waals surface area contributed by atoms with E-state index in [1.807, 2.05) is 43.5 Å². The Hall–Kier alpha value is -2.36. The second-order valence-corrected chi connectivity index (χ2v) is 9.26. The van der Waals surface area contributed by atoms with Crippen molar-refractivity contribution in [2.75, 3.05) is 11.1 Å². The van der Waals surface area contributed by atoms with E-state index in [4.69, 9.17) is 11.6 Å². The maximum Gasteiger partial charge on any atom is 0.253 e. The molecule has 3 rings (SSSR count). The van der Waals surface area contributed by atoms with Crippen LogP contribution in [-0.2, 0) is 11.3 Å². The smallest absolute Gasteiger partial charge is 0.253 e. The van der Waals surface area contributed by atoms with Gasteiger partial charge in [-0.05, 0) is 56.7 Å². The van der Waals surface area contributed by atoms with E-state index in [2.05, 4.69) is 36.8 Å². The monoisotopic (exact) mass is 535 g/mol. The molecule has 0 unspecified atom stereocenters. The maximum atomic E-state index is 12.6. The summed E-state index contributed by atoms with van der Waals surface area (Å²) in [5.74, 6) is 0.378. The fraction of sp³-hybridized carbons (Fsp3) is 0.273. The van der Waals surface area contributed by atoms with Gasteiger partial charge in [-0.1, -0.05) is 51.4 Å². The van der Waals surface area contributed by atoms with E-state index in [0.29, 0.717) is 28.1 Å².